The Kier molecular flexibility index (Phi) is 7.70. The summed E-state index contributed by atoms with van der Waals surface area (Å²) in [6.45, 7) is 6.20. The molecule has 0 aliphatic carbocycles. The fourth-order valence-electron chi connectivity index (χ4n) is 3.59. The van der Waals surface area contributed by atoms with Crippen LogP contribution in [0.15, 0.2) is 71.9 Å². The number of carbonyl (C=O) groups is 1. The minimum Gasteiger partial charge on any atom is -0.494 e. The molecule has 9 nitrogen and oxygen atoms in total. The second-order valence-corrected chi connectivity index (χ2v) is 11.3. The molecule has 1 N–H and O–H groups in total. The van der Waals surface area contributed by atoms with Gasteiger partial charge in [0.2, 0.25) is 0 Å². The van der Waals surface area contributed by atoms with Crippen molar-refractivity contribution in [1.82, 2.24) is 19.3 Å². The van der Waals surface area contributed by atoms with Crippen molar-refractivity contribution in [2.24, 2.45) is 0 Å². The molecule has 0 atom stereocenters. The SMILES string of the molecule is CC(C)(C)OC(=O)NCCCOc1ccc(-c2cc3c(Cl)ncnc3n2S(=O)(=O)c2ccccc2)cc1. The molecule has 0 bridgehead atoms. The molecule has 0 aliphatic heterocycles. The Morgan fingerprint density at radius 2 is 1.76 bits per heavy atom. The maximum atomic E-state index is 13.6. The molecule has 2 aromatic heterocycles. The van der Waals surface area contributed by atoms with Gasteiger partial charge in [0.1, 0.15) is 22.8 Å². The smallest absolute Gasteiger partial charge is 0.407 e. The minimum absolute atomic E-state index is 0.128. The molecule has 2 heterocycles. The van der Waals surface area contributed by atoms with Gasteiger partial charge in [0.15, 0.2) is 5.65 Å². The number of benzene rings is 2. The molecule has 0 radical (unpaired) electrons. The lowest BCUT2D eigenvalue weighted by Gasteiger charge is -2.19. The lowest BCUT2D eigenvalue weighted by atomic mass is 10.1. The third-order valence-electron chi connectivity index (χ3n) is 5.20. The fourth-order valence-corrected chi connectivity index (χ4v) is 5.28. The third-order valence-corrected chi connectivity index (χ3v) is 7.22. The number of ether oxygens (including phenoxy) is 2. The Morgan fingerprint density at radius 3 is 2.43 bits per heavy atom. The zero-order valence-electron chi connectivity index (χ0n) is 20.6. The number of nitrogens with one attached hydrogen (secondary N) is 1. The van der Waals surface area contributed by atoms with Gasteiger partial charge in [0.05, 0.1) is 22.6 Å². The molecule has 0 fully saturated rings. The Labute approximate surface area is 220 Å². The molecule has 0 unspecified atom stereocenters. The number of rotatable bonds is 8. The number of hydrogen-bond donors (Lipinski definition) is 1. The predicted octanol–water partition coefficient (Wildman–Crippen LogP) is 5.28. The van der Waals surface area contributed by atoms with E-state index in [2.05, 4.69) is 15.3 Å². The monoisotopic (exact) mass is 542 g/mol. The first-order valence-electron chi connectivity index (χ1n) is 11.6. The summed E-state index contributed by atoms with van der Waals surface area (Å²) >= 11 is 6.27. The topological polar surface area (TPSA) is 112 Å². The van der Waals surface area contributed by atoms with Crippen LogP contribution in [0.4, 0.5) is 4.79 Å². The molecule has 0 spiro atoms. The number of fused-ring (bicyclic) bond motifs is 1. The molecule has 4 rings (SSSR count). The third kappa shape index (κ3) is 6.20. The van der Waals surface area contributed by atoms with E-state index >= 15 is 0 Å². The Morgan fingerprint density at radius 1 is 1.05 bits per heavy atom. The average Bonchev–Trinajstić information content (AvgIpc) is 3.25. The number of carbonyl (C=O) groups excluding carboxylic acids is 1. The molecule has 4 aromatic rings. The molecular formula is C26H27ClN4O5S. The van der Waals surface area contributed by atoms with Crippen LogP contribution in [0.3, 0.4) is 0 Å². The summed E-state index contributed by atoms with van der Waals surface area (Å²) in [7, 11) is -3.98. The van der Waals surface area contributed by atoms with E-state index in [9.17, 15) is 13.2 Å². The van der Waals surface area contributed by atoms with E-state index < -0.39 is 21.7 Å². The lowest BCUT2D eigenvalue weighted by molar-refractivity contribution is 0.0525. The summed E-state index contributed by atoms with van der Waals surface area (Å²) in [5.41, 5.74) is 0.672. The van der Waals surface area contributed by atoms with Crippen molar-refractivity contribution in [1.29, 1.82) is 0 Å². The van der Waals surface area contributed by atoms with Gasteiger partial charge in [-0.25, -0.2) is 27.2 Å². The standard InChI is InChI=1S/C26H27ClN4O5S/c1-26(2,3)36-25(32)28-14-7-15-35-19-12-10-18(11-13-19)22-16-21-23(27)29-17-30-24(21)31(22)37(33,34)20-8-5-4-6-9-20/h4-6,8-13,16-17H,7,14-15H2,1-3H3,(H,28,32). The Bertz CT molecular complexity index is 1500. The van der Waals surface area contributed by atoms with Gasteiger partial charge < -0.3 is 14.8 Å². The van der Waals surface area contributed by atoms with Crippen LogP contribution in [0.1, 0.15) is 27.2 Å². The molecule has 0 saturated carbocycles. The molecule has 37 heavy (non-hydrogen) atoms. The summed E-state index contributed by atoms with van der Waals surface area (Å²) in [6, 6.07) is 16.8. The van der Waals surface area contributed by atoms with E-state index in [-0.39, 0.29) is 15.7 Å². The molecule has 2 aromatic carbocycles. The van der Waals surface area contributed by atoms with E-state index in [0.29, 0.717) is 42.0 Å². The number of amides is 1. The van der Waals surface area contributed by atoms with Crippen LogP contribution in [0.2, 0.25) is 5.15 Å². The summed E-state index contributed by atoms with van der Waals surface area (Å²) < 4.78 is 39.4. The van der Waals surface area contributed by atoms with Gasteiger partial charge in [-0.3, -0.25) is 0 Å². The first-order valence-corrected chi connectivity index (χ1v) is 13.4. The average molecular weight is 543 g/mol. The minimum atomic E-state index is -3.98. The van der Waals surface area contributed by atoms with Crippen molar-refractivity contribution in [2.45, 2.75) is 37.7 Å². The van der Waals surface area contributed by atoms with Crippen LogP contribution in [-0.4, -0.2) is 47.2 Å². The van der Waals surface area contributed by atoms with Gasteiger partial charge >= 0.3 is 6.09 Å². The van der Waals surface area contributed by atoms with Crippen LogP contribution in [0.5, 0.6) is 5.75 Å². The Balaban J connectivity index is 1.52. The number of alkyl carbamates (subject to hydrolysis) is 1. The maximum absolute atomic E-state index is 13.6. The summed E-state index contributed by atoms with van der Waals surface area (Å²) in [5.74, 6) is 0.604. The summed E-state index contributed by atoms with van der Waals surface area (Å²) in [4.78, 5) is 20.0. The van der Waals surface area contributed by atoms with Crippen molar-refractivity contribution in [3.8, 4) is 17.0 Å². The Hall–Kier alpha value is -3.63. The van der Waals surface area contributed by atoms with Crippen molar-refractivity contribution in [3.63, 3.8) is 0 Å². The molecule has 0 aliphatic rings. The second-order valence-electron chi connectivity index (χ2n) is 9.17. The van der Waals surface area contributed by atoms with Crippen LogP contribution in [-0.2, 0) is 14.8 Å². The van der Waals surface area contributed by atoms with Crippen molar-refractivity contribution in [3.05, 3.63) is 72.1 Å². The van der Waals surface area contributed by atoms with Crippen LogP contribution in [0.25, 0.3) is 22.3 Å². The first-order chi connectivity index (χ1) is 17.6. The normalized spacial score (nSPS) is 11.9. The highest BCUT2D eigenvalue weighted by atomic mass is 35.5. The highest BCUT2D eigenvalue weighted by Crippen LogP contribution is 2.34. The predicted molar refractivity (Wildman–Crippen MR) is 141 cm³/mol. The van der Waals surface area contributed by atoms with Gasteiger partial charge in [-0.2, -0.15) is 0 Å². The molecule has 1 amide bonds. The maximum Gasteiger partial charge on any atom is 0.407 e. The second kappa shape index (κ2) is 10.8. The van der Waals surface area contributed by atoms with E-state index in [0.717, 1.165) is 0 Å². The van der Waals surface area contributed by atoms with E-state index in [1.807, 2.05) is 0 Å². The number of aromatic nitrogens is 3. The fraction of sp³-hybridized carbons (Fsp3) is 0.269. The van der Waals surface area contributed by atoms with Crippen molar-refractivity contribution >= 4 is 38.8 Å². The zero-order chi connectivity index (χ0) is 26.6. The number of hydrogen-bond acceptors (Lipinski definition) is 7. The number of nitrogens with zero attached hydrogens (tertiary/aromatic N) is 3. The molecular weight excluding hydrogens is 516 g/mol. The highest BCUT2D eigenvalue weighted by molar-refractivity contribution is 7.90. The largest absolute Gasteiger partial charge is 0.494 e. The van der Waals surface area contributed by atoms with Crippen LogP contribution < -0.4 is 10.1 Å². The van der Waals surface area contributed by atoms with E-state index in [1.165, 1.54) is 22.4 Å². The molecule has 11 heteroatoms. The molecule has 0 saturated heterocycles. The lowest BCUT2D eigenvalue weighted by Crippen LogP contribution is -2.33. The van der Waals surface area contributed by atoms with Gasteiger partial charge in [-0.1, -0.05) is 29.8 Å². The van der Waals surface area contributed by atoms with Gasteiger partial charge in [-0.15, -0.1) is 0 Å². The number of halogens is 1. The van der Waals surface area contributed by atoms with Gasteiger partial charge in [0.25, 0.3) is 10.0 Å². The van der Waals surface area contributed by atoms with Gasteiger partial charge in [-0.05, 0) is 75.2 Å². The van der Waals surface area contributed by atoms with Crippen molar-refractivity contribution in [2.75, 3.05) is 13.2 Å². The van der Waals surface area contributed by atoms with Gasteiger partial charge in [0, 0.05) is 6.54 Å². The van der Waals surface area contributed by atoms with E-state index in [1.54, 1.807) is 69.3 Å². The quantitative estimate of drug-likeness (QED) is 0.238. The zero-order valence-corrected chi connectivity index (χ0v) is 22.2. The summed E-state index contributed by atoms with van der Waals surface area (Å²) in [6.07, 6.45) is 1.35. The van der Waals surface area contributed by atoms with Crippen LogP contribution in [0, 0.1) is 0 Å². The van der Waals surface area contributed by atoms with Crippen LogP contribution >= 0.6 is 11.6 Å². The van der Waals surface area contributed by atoms with E-state index in [4.69, 9.17) is 21.1 Å². The molecule has 194 valence electrons. The first kappa shape index (κ1) is 26.4. The highest BCUT2D eigenvalue weighted by Gasteiger charge is 2.26. The van der Waals surface area contributed by atoms with Crippen molar-refractivity contribution < 1.29 is 22.7 Å². The summed E-state index contributed by atoms with van der Waals surface area (Å²) in [5, 5.41) is 3.27.